The monoisotopic (exact) mass is 271 g/mol. The van der Waals surface area contributed by atoms with Crippen molar-refractivity contribution in [3.8, 4) is 0 Å². The second-order valence-corrected chi connectivity index (χ2v) is 4.39. The molecular weight excluding hydrogens is 254 g/mol. The number of carbonyl (C=O) groups is 4. The van der Waals surface area contributed by atoms with E-state index >= 15 is 0 Å². The second kappa shape index (κ2) is 6.17. The molecule has 8 heteroatoms. The molecule has 19 heavy (non-hydrogen) atoms. The first-order valence-corrected chi connectivity index (χ1v) is 5.97. The molecule has 4 amide bonds. The number of urea groups is 1. The van der Waals surface area contributed by atoms with Crippen molar-refractivity contribution >= 4 is 23.8 Å². The van der Waals surface area contributed by atoms with Crippen molar-refractivity contribution in [1.82, 2.24) is 15.5 Å². The molecule has 1 saturated heterocycles. The third kappa shape index (κ3) is 3.67. The molecule has 0 aliphatic carbocycles. The number of carboxylic acid groups (broad SMARTS) is 1. The summed E-state index contributed by atoms with van der Waals surface area (Å²) in [5.74, 6) is -2.82. The molecule has 0 aromatic carbocycles. The van der Waals surface area contributed by atoms with E-state index in [9.17, 15) is 19.2 Å². The van der Waals surface area contributed by atoms with Crippen LogP contribution in [0.5, 0.6) is 0 Å². The molecule has 0 aromatic heterocycles. The third-order valence-corrected chi connectivity index (χ3v) is 2.88. The van der Waals surface area contributed by atoms with Crippen molar-refractivity contribution in [2.24, 2.45) is 5.92 Å². The highest BCUT2D eigenvalue weighted by Gasteiger charge is 2.35. The van der Waals surface area contributed by atoms with Crippen LogP contribution in [-0.4, -0.2) is 53.0 Å². The second-order valence-electron chi connectivity index (χ2n) is 4.39. The molecule has 3 N–H and O–H groups in total. The fraction of sp³-hybridized carbons (Fsp3) is 0.636. The minimum atomic E-state index is -1.03. The number of hydrogen-bond acceptors (Lipinski definition) is 4. The quantitative estimate of drug-likeness (QED) is 0.576. The van der Waals surface area contributed by atoms with E-state index in [0.717, 1.165) is 4.90 Å². The summed E-state index contributed by atoms with van der Waals surface area (Å²) in [5.41, 5.74) is 0. The Morgan fingerprint density at radius 2 is 2.16 bits per heavy atom. The summed E-state index contributed by atoms with van der Waals surface area (Å²) >= 11 is 0. The van der Waals surface area contributed by atoms with E-state index in [-0.39, 0.29) is 13.1 Å². The van der Waals surface area contributed by atoms with Gasteiger partial charge in [0.15, 0.2) is 0 Å². The number of carbonyl (C=O) groups excluding carboxylic acids is 3. The predicted octanol–water partition coefficient (Wildman–Crippen LogP) is -0.846. The Bertz CT molecular complexity index is 409. The van der Waals surface area contributed by atoms with E-state index in [4.69, 9.17) is 5.11 Å². The summed E-state index contributed by atoms with van der Waals surface area (Å²) in [5, 5.41) is 13.3. The fourth-order valence-corrected chi connectivity index (χ4v) is 1.72. The normalized spacial score (nSPS) is 20.7. The first-order chi connectivity index (χ1) is 8.86. The molecule has 8 nitrogen and oxygen atoms in total. The van der Waals surface area contributed by atoms with Crippen molar-refractivity contribution in [2.45, 2.75) is 26.3 Å². The summed E-state index contributed by atoms with van der Waals surface area (Å²) in [6.07, 6.45) is 0.376. The van der Waals surface area contributed by atoms with Gasteiger partial charge < -0.3 is 15.3 Å². The zero-order valence-corrected chi connectivity index (χ0v) is 10.8. The Labute approximate surface area is 110 Å². The van der Waals surface area contributed by atoms with Gasteiger partial charge in [-0.15, -0.1) is 0 Å². The predicted molar refractivity (Wildman–Crippen MR) is 64.1 cm³/mol. The van der Waals surface area contributed by atoms with Gasteiger partial charge in [0.2, 0.25) is 11.8 Å². The third-order valence-electron chi connectivity index (χ3n) is 2.88. The van der Waals surface area contributed by atoms with Crippen molar-refractivity contribution < 1.29 is 24.3 Å². The Kier molecular flexibility index (Phi) is 4.85. The van der Waals surface area contributed by atoms with Gasteiger partial charge in [0.05, 0.1) is 5.92 Å². The van der Waals surface area contributed by atoms with Gasteiger partial charge >= 0.3 is 12.0 Å². The molecule has 1 aliphatic heterocycles. The fourth-order valence-electron chi connectivity index (χ4n) is 1.72. The summed E-state index contributed by atoms with van der Waals surface area (Å²) in [6.45, 7) is 2.91. The van der Waals surface area contributed by atoms with Gasteiger partial charge in [-0.3, -0.25) is 19.7 Å². The topological polar surface area (TPSA) is 116 Å². The van der Waals surface area contributed by atoms with Crippen LogP contribution in [0.15, 0.2) is 0 Å². The van der Waals surface area contributed by atoms with Gasteiger partial charge in [0.25, 0.3) is 0 Å². The number of imide groups is 1. The molecule has 0 bridgehead atoms. The number of nitrogens with zero attached hydrogens (tertiary/aromatic N) is 1. The van der Waals surface area contributed by atoms with Crippen LogP contribution in [0.3, 0.4) is 0 Å². The number of aliphatic carboxylic acids is 1. The van der Waals surface area contributed by atoms with Crippen molar-refractivity contribution in [3.05, 3.63) is 0 Å². The van der Waals surface area contributed by atoms with Crippen molar-refractivity contribution in [2.75, 3.05) is 13.1 Å². The number of nitrogens with one attached hydrogen (secondary N) is 2. The SMILES string of the molecule is CCC1C(=O)NC(=O)CN1C(=O)NCC(C)C(=O)O. The van der Waals surface area contributed by atoms with E-state index in [1.165, 1.54) is 6.92 Å². The highest BCUT2D eigenvalue weighted by Crippen LogP contribution is 2.09. The van der Waals surface area contributed by atoms with E-state index in [0.29, 0.717) is 6.42 Å². The maximum absolute atomic E-state index is 11.9. The van der Waals surface area contributed by atoms with Crippen LogP contribution in [0.1, 0.15) is 20.3 Å². The summed E-state index contributed by atoms with van der Waals surface area (Å²) in [4.78, 5) is 46.4. The summed E-state index contributed by atoms with van der Waals surface area (Å²) < 4.78 is 0. The number of piperazine rings is 1. The molecule has 1 aliphatic rings. The minimum Gasteiger partial charge on any atom is -0.481 e. The molecule has 1 rings (SSSR count). The highest BCUT2D eigenvalue weighted by molar-refractivity contribution is 6.04. The zero-order valence-electron chi connectivity index (χ0n) is 10.8. The Hall–Kier alpha value is -2.12. The number of hydrogen-bond donors (Lipinski definition) is 3. The zero-order chi connectivity index (χ0) is 14.6. The first-order valence-electron chi connectivity index (χ1n) is 5.97. The highest BCUT2D eigenvalue weighted by atomic mass is 16.4. The van der Waals surface area contributed by atoms with Crippen LogP contribution in [0, 0.1) is 5.92 Å². The maximum atomic E-state index is 11.9. The molecule has 2 unspecified atom stereocenters. The lowest BCUT2D eigenvalue weighted by atomic mass is 10.1. The van der Waals surface area contributed by atoms with Crippen LogP contribution in [0.25, 0.3) is 0 Å². The molecule has 0 aromatic rings. The smallest absolute Gasteiger partial charge is 0.318 e. The first kappa shape index (κ1) is 14.9. The van der Waals surface area contributed by atoms with Crippen LogP contribution in [0.4, 0.5) is 4.79 Å². The van der Waals surface area contributed by atoms with Gasteiger partial charge in [0.1, 0.15) is 12.6 Å². The Balaban J connectivity index is 2.65. The minimum absolute atomic E-state index is 0.0586. The lowest BCUT2D eigenvalue weighted by molar-refractivity contribution is -0.141. The summed E-state index contributed by atoms with van der Waals surface area (Å²) in [7, 11) is 0. The van der Waals surface area contributed by atoms with E-state index < -0.39 is 35.8 Å². The van der Waals surface area contributed by atoms with Gasteiger partial charge in [0, 0.05) is 6.54 Å². The lowest BCUT2D eigenvalue weighted by Crippen LogP contribution is -2.61. The molecule has 2 atom stereocenters. The molecule has 0 spiro atoms. The average molecular weight is 271 g/mol. The van der Waals surface area contributed by atoms with Crippen LogP contribution in [0.2, 0.25) is 0 Å². The Morgan fingerprint density at radius 1 is 1.53 bits per heavy atom. The van der Waals surface area contributed by atoms with Gasteiger partial charge in [-0.2, -0.15) is 0 Å². The van der Waals surface area contributed by atoms with Crippen molar-refractivity contribution in [1.29, 1.82) is 0 Å². The number of amides is 4. The van der Waals surface area contributed by atoms with Crippen LogP contribution < -0.4 is 10.6 Å². The number of rotatable bonds is 4. The van der Waals surface area contributed by atoms with Crippen molar-refractivity contribution in [3.63, 3.8) is 0 Å². The van der Waals surface area contributed by atoms with E-state index in [1.807, 2.05) is 0 Å². The number of carboxylic acids is 1. The standard InChI is InChI=1S/C11H17N3O5/c1-3-7-9(16)13-8(15)5-14(7)11(19)12-4-6(2)10(17)18/h6-7H,3-5H2,1-2H3,(H,12,19)(H,17,18)(H,13,15,16). The molecular formula is C11H17N3O5. The maximum Gasteiger partial charge on any atom is 0.318 e. The van der Waals surface area contributed by atoms with E-state index in [1.54, 1.807) is 6.92 Å². The summed E-state index contributed by atoms with van der Waals surface area (Å²) in [6, 6.07) is -1.32. The Morgan fingerprint density at radius 3 is 2.68 bits per heavy atom. The largest absolute Gasteiger partial charge is 0.481 e. The van der Waals surface area contributed by atoms with E-state index in [2.05, 4.69) is 10.6 Å². The molecule has 0 radical (unpaired) electrons. The lowest BCUT2D eigenvalue weighted by Gasteiger charge is -2.33. The molecule has 0 saturated carbocycles. The molecule has 106 valence electrons. The van der Waals surface area contributed by atoms with Gasteiger partial charge in [-0.1, -0.05) is 13.8 Å². The van der Waals surface area contributed by atoms with Crippen LogP contribution in [-0.2, 0) is 14.4 Å². The average Bonchev–Trinajstić information content (AvgIpc) is 2.34. The van der Waals surface area contributed by atoms with Gasteiger partial charge in [-0.05, 0) is 6.42 Å². The molecule has 1 fully saturated rings. The molecule has 1 heterocycles. The van der Waals surface area contributed by atoms with Gasteiger partial charge in [-0.25, -0.2) is 4.79 Å². The van der Waals surface area contributed by atoms with Crippen LogP contribution >= 0.6 is 0 Å².